The van der Waals surface area contributed by atoms with E-state index in [0.717, 1.165) is 5.56 Å². The zero-order chi connectivity index (χ0) is 13.8. The molecule has 1 aliphatic carbocycles. The van der Waals surface area contributed by atoms with Crippen molar-refractivity contribution >= 4 is 0 Å². The SMILES string of the molecule is COc1ccc(C(C#N)C(C)O)cc1OCC1CC1. The summed E-state index contributed by atoms with van der Waals surface area (Å²) in [5, 5.41) is 18.7. The van der Waals surface area contributed by atoms with E-state index in [9.17, 15) is 5.11 Å². The van der Waals surface area contributed by atoms with Crippen LogP contribution in [0.1, 0.15) is 31.2 Å². The molecule has 1 fully saturated rings. The molecule has 1 saturated carbocycles. The summed E-state index contributed by atoms with van der Waals surface area (Å²) in [5.74, 6) is 1.41. The minimum Gasteiger partial charge on any atom is -0.493 e. The highest BCUT2D eigenvalue weighted by Gasteiger charge is 2.23. The van der Waals surface area contributed by atoms with Crippen molar-refractivity contribution in [3.05, 3.63) is 23.8 Å². The third kappa shape index (κ3) is 3.39. The molecule has 2 atom stereocenters. The minimum atomic E-state index is -0.713. The molecule has 1 N–H and O–H groups in total. The van der Waals surface area contributed by atoms with Crippen molar-refractivity contribution in [1.29, 1.82) is 5.26 Å². The highest BCUT2D eigenvalue weighted by molar-refractivity contribution is 5.45. The molecule has 0 heterocycles. The molecule has 102 valence electrons. The molecule has 0 spiro atoms. The number of aliphatic hydroxyl groups excluding tert-OH is 1. The first-order valence-electron chi connectivity index (χ1n) is 6.54. The fraction of sp³-hybridized carbons (Fsp3) is 0.533. The Hall–Kier alpha value is -1.73. The summed E-state index contributed by atoms with van der Waals surface area (Å²) >= 11 is 0. The van der Waals surface area contributed by atoms with Gasteiger partial charge in [0.2, 0.25) is 0 Å². The van der Waals surface area contributed by atoms with Crippen molar-refractivity contribution < 1.29 is 14.6 Å². The maximum absolute atomic E-state index is 9.62. The Bertz CT molecular complexity index is 475. The summed E-state index contributed by atoms with van der Waals surface area (Å²) in [7, 11) is 1.59. The van der Waals surface area contributed by atoms with Gasteiger partial charge >= 0.3 is 0 Å². The number of methoxy groups -OCH3 is 1. The maximum Gasteiger partial charge on any atom is 0.161 e. The summed E-state index contributed by atoms with van der Waals surface area (Å²) < 4.78 is 11.0. The predicted molar refractivity (Wildman–Crippen MR) is 71.2 cm³/mol. The molecule has 0 amide bonds. The van der Waals surface area contributed by atoms with Crippen LogP contribution in [-0.2, 0) is 0 Å². The lowest BCUT2D eigenvalue weighted by Gasteiger charge is -2.16. The maximum atomic E-state index is 9.62. The lowest BCUT2D eigenvalue weighted by atomic mass is 9.95. The van der Waals surface area contributed by atoms with E-state index in [4.69, 9.17) is 14.7 Å². The van der Waals surface area contributed by atoms with Gasteiger partial charge in [-0.2, -0.15) is 5.26 Å². The zero-order valence-electron chi connectivity index (χ0n) is 11.3. The van der Waals surface area contributed by atoms with Crippen LogP contribution < -0.4 is 9.47 Å². The number of hydrogen-bond donors (Lipinski definition) is 1. The molecule has 0 aliphatic heterocycles. The topological polar surface area (TPSA) is 62.5 Å². The van der Waals surface area contributed by atoms with E-state index in [2.05, 4.69) is 6.07 Å². The predicted octanol–water partition coefficient (Wildman–Crippen LogP) is 2.47. The van der Waals surface area contributed by atoms with Crippen LogP contribution in [0.15, 0.2) is 18.2 Å². The third-order valence-corrected chi connectivity index (χ3v) is 3.34. The molecule has 2 rings (SSSR count). The lowest BCUT2D eigenvalue weighted by molar-refractivity contribution is 0.181. The van der Waals surface area contributed by atoms with Crippen LogP contribution in [-0.4, -0.2) is 24.9 Å². The van der Waals surface area contributed by atoms with Crippen molar-refractivity contribution in [3.63, 3.8) is 0 Å². The number of rotatable bonds is 6. The van der Waals surface area contributed by atoms with Crippen LogP contribution >= 0.6 is 0 Å². The van der Waals surface area contributed by atoms with Gasteiger partial charge in [0.25, 0.3) is 0 Å². The second-order valence-corrected chi connectivity index (χ2v) is 5.01. The van der Waals surface area contributed by atoms with Crippen molar-refractivity contribution in [2.75, 3.05) is 13.7 Å². The second-order valence-electron chi connectivity index (χ2n) is 5.01. The monoisotopic (exact) mass is 261 g/mol. The molecule has 2 unspecified atom stereocenters. The average molecular weight is 261 g/mol. The largest absolute Gasteiger partial charge is 0.493 e. The van der Waals surface area contributed by atoms with Crippen LogP contribution in [0.3, 0.4) is 0 Å². The number of ether oxygens (including phenoxy) is 2. The lowest BCUT2D eigenvalue weighted by Crippen LogP contribution is -2.13. The molecule has 0 aromatic heterocycles. The molecule has 1 aliphatic rings. The number of benzene rings is 1. The van der Waals surface area contributed by atoms with E-state index in [1.165, 1.54) is 12.8 Å². The van der Waals surface area contributed by atoms with Crippen molar-refractivity contribution in [3.8, 4) is 17.6 Å². The Morgan fingerprint density at radius 2 is 2.16 bits per heavy atom. The van der Waals surface area contributed by atoms with Gasteiger partial charge < -0.3 is 14.6 Å². The summed E-state index contributed by atoms with van der Waals surface area (Å²) in [6.07, 6.45) is 1.72. The van der Waals surface area contributed by atoms with Gasteiger partial charge in [-0.15, -0.1) is 0 Å². The molecule has 1 aromatic rings. The van der Waals surface area contributed by atoms with Crippen LogP contribution in [0.2, 0.25) is 0 Å². The normalized spacial score (nSPS) is 17.4. The van der Waals surface area contributed by atoms with Gasteiger partial charge in [-0.05, 0) is 43.4 Å². The molecule has 4 heteroatoms. The standard InChI is InChI=1S/C15H19NO3/c1-10(17)13(8-16)12-5-6-14(18-2)15(7-12)19-9-11-3-4-11/h5-7,10-11,13,17H,3-4,9H2,1-2H3. The fourth-order valence-corrected chi connectivity index (χ4v) is 1.95. The smallest absolute Gasteiger partial charge is 0.161 e. The van der Waals surface area contributed by atoms with Gasteiger partial charge in [-0.25, -0.2) is 0 Å². The van der Waals surface area contributed by atoms with E-state index in [1.54, 1.807) is 32.2 Å². The number of hydrogen-bond acceptors (Lipinski definition) is 4. The quantitative estimate of drug-likeness (QED) is 0.854. The third-order valence-electron chi connectivity index (χ3n) is 3.34. The van der Waals surface area contributed by atoms with Crippen molar-refractivity contribution in [1.82, 2.24) is 0 Å². The Morgan fingerprint density at radius 1 is 1.42 bits per heavy atom. The molecule has 0 radical (unpaired) electrons. The van der Waals surface area contributed by atoms with E-state index in [0.29, 0.717) is 24.0 Å². The molecule has 0 saturated heterocycles. The van der Waals surface area contributed by atoms with Crippen LogP contribution in [0.5, 0.6) is 11.5 Å². The van der Waals surface area contributed by atoms with E-state index >= 15 is 0 Å². The first-order chi connectivity index (χ1) is 9.15. The minimum absolute atomic E-state index is 0.547. The number of nitriles is 1. The first-order valence-corrected chi connectivity index (χ1v) is 6.54. The fourth-order valence-electron chi connectivity index (χ4n) is 1.95. The Kier molecular flexibility index (Phi) is 4.28. The van der Waals surface area contributed by atoms with Gasteiger partial charge in [-0.1, -0.05) is 6.07 Å². The zero-order valence-corrected chi connectivity index (χ0v) is 11.3. The highest BCUT2D eigenvalue weighted by atomic mass is 16.5. The van der Waals surface area contributed by atoms with Gasteiger partial charge in [0.15, 0.2) is 11.5 Å². The average Bonchev–Trinajstić information content (AvgIpc) is 3.21. The molecule has 1 aromatic carbocycles. The van der Waals surface area contributed by atoms with Gasteiger partial charge in [0, 0.05) is 0 Å². The molecular weight excluding hydrogens is 242 g/mol. The van der Waals surface area contributed by atoms with E-state index < -0.39 is 12.0 Å². The highest BCUT2D eigenvalue weighted by Crippen LogP contribution is 2.35. The summed E-state index contributed by atoms with van der Waals surface area (Å²) in [5.41, 5.74) is 0.754. The van der Waals surface area contributed by atoms with Crippen LogP contribution in [0.25, 0.3) is 0 Å². The summed E-state index contributed by atoms with van der Waals surface area (Å²) in [6, 6.07) is 7.48. The Balaban J connectivity index is 2.20. The number of aliphatic hydroxyl groups is 1. The Morgan fingerprint density at radius 3 is 2.68 bits per heavy atom. The molecule has 19 heavy (non-hydrogen) atoms. The van der Waals surface area contributed by atoms with Crippen molar-refractivity contribution in [2.45, 2.75) is 31.8 Å². The molecule has 4 nitrogen and oxygen atoms in total. The van der Waals surface area contributed by atoms with Gasteiger partial charge in [0.05, 0.1) is 31.8 Å². The van der Waals surface area contributed by atoms with Gasteiger partial charge in [-0.3, -0.25) is 0 Å². The van der Waals surface area contributed by atoms with E-state index in [-0.39, 0.29) is 0 Å². The first kappa shape index (κ1) is 13.7. The van der Waals surface area contributed by atoms with Gasteiger partial charge in [0.1, 0.15) is 0 Å². The second kappa shape index (κ2) is 5.94. The Labute approximate surface area is 113 Å². The van der Waals surface area contributed by atoms with E-state index in [1.807, 2.05) is 0 Å². The summed E-state index contributed by atoms with van der Waals surface area (Å²) in [4.78, 5) is 0. The van der Waals surface area contributed by atoms with Crippen LogP contribution in [0.4, 0.5) is 0 Å². The molecular formula is C15H19NO3. The van der Waals surface area contributed by atoms with Crippen molar-refractivity contribution in [2.24, 2.45) is 5.92 Å². The molecule has 0 bridgehead atoms. The summed E-state index contributed by atoms with van der Waals surface area (Å²) in [6.45, 7) is 2.30. The number of nitrogens with zero attached hydrogens (tertiary/aromatic N) is 1. The van der Waals surface area contributed by atoms with Crippen LogP contribution in [0, 0.1) is 17.2 Å².